The van der Waals surface area contributed by atoms with Crippen LogP contribution in [0.3, 0.4) is 0 Å². The van der Waals surface area contributed by atoms with E-state index in [1.54, 1.807) is 19.2 Å². The Labute approximate surface area is 280 Å². The van der Waals surface area contributed by atoms with Crippen molar-refractivity contribution in [2.75, 3.05) is 60.6 Å². The number of morpholine rings is 1. The summed E-state index contributed by atoms with van der Waals surface area (Å²) in [5.41, 5.74) is 0.362. The molecule has 11 nitrogen and oxygen atoms in total. The molecule has 0 spiro atoms. The Hall–Kier alpha value is -4.47. The first kappa shape index (κ1) is 33.0. The lowest BCUT2D eigenvalue weighted by Gasteiger charge is -2.41. The number of anilines is 5. The Kier molecular flexibility index (Phi) is 9.07. The van der Waals surface area contributed by atoms with Gasteiger partial charge in [-0.15, -0.1) is 0 Å². The van der Waals surface area contributed by atoms with Gasteiger partial charge in [-0.25, -0.2) is 19.4 Å². The number of hydroxylamine groups is 1. The van der Waals surface area contributed by atoms with Crippen LogP contribution in [0.25, 0.3) is 0 Å². The zero-order chi connectivity index (χ0) is 34.3. The smallest absolute Gasteiger partial charge is 0.419 e. The number of carbonyl (C=O) groups excluding carboxylic acids is 1. The number of halogens is 4. The Balaban J connectivity index is 1.12. The van der Waals surface area contributed by atoms with Gasteiger partial charge >= 0.3 is 6.18 Å². The molecular formula is C34H37F4N7O4. The van der Waals surface area contributed by atoms with Gasteiger partial charge in [0, 0.05) is 55.8 Å². The summed E-state index contributed by atoms with van der Waals surface area (Å²) in [7, 11) is 1.54. The molecule has 4 aliphatic rings. The molecule has 260 valence electrons. The molecule has 3 atom stereocenters. The third kappa shape index (κ3) is 6.62. The number of aromatic nitrogens is 2. The monoisotopic (exact) mass is 683 g/mol. The van der Waals surface area contributed by atoms with Gasteiger partial charge in [-0.1, -0.05) is 18.7 Å². The summed E-state index contributed by atoms with van der Waals surface area (Å²) in [6, 6.07) is 8.51. The Bertz CT molecular complexity index is 1720. The second kappa shape index (κ2) is 13.4. The van der Waals surface area contributed by atoms with Crippen LogP contribution in [0.4, 0.5) is 46.3 Å². The third-order valence-electron chi connectivity index (χ3n) is 9.72. The number of rotatable bonds is 9. The largest absolute Gasteiger partial charge is 0.494 e. The van der Waals surface area contributed by atoms with Crippen molar-refractivity contribution in [3.05, 3.63) is 72.3 Å². The van der Waals surface area contributed by atoms with Crippen molar-refractivity contribution in [3.8, 4) is 5.75 Å². The molecular weight excluding hydrogens is 646 g/mol. The molecule has 3 aromatic rings. The maximum atomic E-state index is 15.1. The summed E-state index contributed by atoms with van der Waals surface area (Å²) in [4.78, 5) is 31.7. The maximum absolute atomic E-state index is 15.1. The second-order valence-electron chi connectivity index (χ2n) is 12.6. The number of alkyl halides is 3. The molecule has 15 heteroatoms. The molecule has 2 aromatic carbocycles. The van der Waals surface area contributed by atoms with Gasteiger partial charge in [-0.2, -0.15) is 13.2 Å². The van der Waals surface area contributed by atoms with Crippen molar-refractivity contribution in [2.45, 2.75) is 56.1 Å². The van der Waals surface area contributed by atoms with E-state index in [0.29, 0.717) is 47.2 Å². The van der Waals surface area contributed by atoms with Gasteiger partial charge in [-0.3, -0.25) is 14.5 Å². The van der Waals surface area contributed by atoms with Gasteiger partial charge in [0.25, 0.3) is 0 Å². The fourth-order valence-electron chi connectivity index (χ4n) is 7.37. The van der Waals surface area contributed by atoms with Crippen LogP contribution in [0.2, 0.25) is 0 Å². The Morgan fingerprint density at radius 2 is 1.92 bits per heavy atom. The van der Waals surface area contributed by atoms with Crippen LogP contribution in [-0.4, -0.2) is 78.9 Å². The van der Waals surface area contributed by atoms with Crippen molar-refractivity contribution < 1.29 is 36.7 Å². The standard InChI is InChI=1S/C34H37F4N7O4/c1-3-32(46)42-25-14-26(29(47-2)15-28(25)43-10-7-20(8-11-43)44-17-22-13-21(44)18-48-22)41-30-16-31(40-19-39-30)45-27(9-12-49-45)23-5-4-6-24(33(23)35)34(36,37)38/h3-6,14-16,19-22,27H,1,7-13,17-18H2,2H3,(H,42,46)(H,39,40,41)/t21-,22-,27?/m0/s1. The van der Waals surface area contributed by atoms with Crippen molar-refractivity contribution in [3.63, 3.8) is 0 Å². The Morgan fingerprint density at radius 3 is 2.61 bits per heavy atom. The number of nitrogens with zero attached hydrogens (tertiary/aromatic N) is 5. The van der Waals surface area contributed by atoms with Crippen molar-refractivity contribution >= 4 is 34.6 Å². The molecule has 49 heavy (non-hydrogen) atoms. The van der Waals surface area contributed by atoms with Gasteiger partial charge in [0.1, 0.15) is 23.7 Å². The highest BCUT2D eigenvalue weighted by atomic mass is 19.4. The molecule has 7 rings (SSSR count). The summed E-state index contributed by atoms with van der Waals surface area (Å²) in [5.74, 6) is -0.703. The van der Waals surface area contributed by atoms with Crippen molar-refractivity contribution in [1.82, 2.24) is 14.9 Å². The molecule has 0 radical (unpaired) electrons. The van der Waals surface area contributed by atoms with Crippen molar-refractivity contribution in [2.24, 2.45) is 0 Å². The van der Waals surface area contributed by atoms with Crippen LogP contribution in [0.1, 0.15) is 42.9 Å². The number of piperidine rings is 1. The third-order valence-corrected chi connectivity index (χ3v) is 9.72. The van der Waals surface area contributed by atoms with Gasteiger partial charge in [-0.05, 0) is 37.5 Å². The molecule has 1 aromatic heterocycles. The van der Waals surface area contributed by atoms with Gasteiger partial charge in [0.2, 0.25) is 5.91 Å². The van der Waals surface area contributed by atoms with Crippen LogP contribution in [0.15, 0.2) is 55.4 Å². The van der Waals surface area contributed by atoms with E-state index in [-0.39, 0.29) is 30.3 Å². The summed E-state index contributed by atoms with van der Waals surface area (Å²) >= 11 is 0. The number of likely N-dealkylation sites (tertiary alicyclic amines) is 1. The fraction of sp³-hybridized carbons (Fsp3) is 0.441. The van der Waals surface area contributed by atoms with E-state index >= 15 is 4.39 Å². The average Bonchev–Trinajstić information content (AvgIpc) is 3.87. The van der Waals surface area contributed by atoms with Gasteiger partial charge < -0.3 is 25.0 Å². The topological polar surface area (TPSA) is 104 Å². The number of hydrogen-bond acceptors (Lipinski definition) is 10. The number of nitrogens with one attached hydrogen (secondary N) is 2. The predicted molar refractivity (Wildman–Crippen MR) is 174 cm³/mol. The molecule has 0 aliphatic carbocycles. The van der Waals surface area contributed by atoms with E-state index in [9.17, 15) is 18.0 Å². The molecule has 4 fully saturated rings. The Morgan fingerprint density at radius 1 is 1.10 bits per heavy atom. The van der Waals surface area contributed by atoms with Gasteiger partial charge in [0.15, 0.2) is 5.82 Å². The zero-order valence-corrected chi connectivity index (χ0v) is 26.9. The number of ether oxygens (including phenoxy) is 2. The molecule has 5 heterocycles. The minimum Gasteiger partial charge on any atom is -0.494 e. The highest BCUT2D eigenvalue weighted by Crippen LogP contribution is 2.42. The molecule has 0 saturated carbocycles. The van der Waals surface area contributed by atoms with Crippen LogP contribution >= 0.6 is 0 Å². The fourth-order valence-corrected chi connectivity index (χ4v) is 7.37. The first-order valence-corrected chi connectivity index (χ1v) is 16.3. The second-order valence-corrected chi connectivity index (χ2v) is 12.6. The number of fused-ring (bicyclic) bond motifs is 2. The molecule has 4 saturated heterocycles. The average molecular weight is 684 g/mol. The quantitative estimate of drug-likeness (QED) is 0.211. The number of methoxy groups -OCH3 is 1. The summed E-state index contributed by atoms with van der Waals surface area (Å²) in [6.45, 7) is 7.14. The molecule has 1 unspecified atom stereocenters. The van der Waals surface area contributed by atoms with Crippen LogP contribution in [-0.2, 0) is 20.5 Å². The summed E-state index contributed by atoms with van der Waals surface area (Å²) < 4.78 is 67.0. The number of benzene rings is 2. The van der Waals surface area contributed by atoms with Crippen molar-refractivity contribution in [1.29, 1.82) is 0 Å². The summed E-state index contributed by atoms with van der Waals surface area (Å²) in [5, 5.41) is 7.43. The molecule has 2 N–H and O–H groups in total. The van der Waals surface area contributed by atoms with E-state index < -0.39 is 23.6 Å². The normalized spacial score (nSPS) is 22.8. The minimum atomic E-state index is -4.84. The maximum Gasteiger partial charge on any atom is 0.419 e. The highest BCUT2D eigenvalue weighted by Gasteiger charge is 2.43. The van der Waals surface area contributed by atoms with Crippen LogP contribution < -0.4 is 25.3 Å². The molecule has 1 amide bonds. The van der Waals surface area contributed by atoms with E-state index in [1.807, 2.05) is 6.07 Å². The minimum absolute atomic E-state index is 0.147. The van der Waals surface area contributed by atoms with Crippen LogP contribution in [0, 0.1) is 5.82 Å². The van der Waals surface area contributed by atoms with E-state index in [0.717, 1.165) is 51.2 Å². The van der Waals surface area contributed by atoms with E-state index in [1.165, 1.54) is 29.6 Å². The summed E-state index contributed by atoms with van der Waals surface area (Å²) in [6.07, 6.45) is 1.30. The highest BCUT2D eigenvalue weighted by molar-refractivity contribution is 6.02. The first-order valence-electron chi connectivity index (χ1n) is 16.3. The van der Waals surface area contributed by atoms with Gasteiger partial charge in [0.05, 0.1) is 55.1 Å². The van der Waals surface area contributed by atoms with Crippen LogP contribution in [0.5, 0.6) is 5.75 Å². The first-order chi connectivity index (χ1) is 23.6. The lowest BCUT2D eigenvalue weighted by molar-refractivity contribution is -0.140. The number of carbonyl (C=O) groups is 1. The lowest BCUT2D eigenvalue weighted by atomic mass is 10.0. The SMILES string of the molecule is C=CC(=O)Nc1cc(Nc2cc(N3OCCC3c3cccc(C(F)(F)F)c3F)ncn2)c(OC)cc1N1CCC(N2C[C@@H]3C[C@H]2CO3)CC1. The number of hydrogen-bond donors (Lipinski definition) is 2. The number of amides is 1. The lowest BCUT2D eigenvalue weighted by Crippen LogP contribution is -2.49. The predicted octanol–water partition coefficient (Wildman–Crippen LogP) is 5.84. The van der Waals surface area contributed by atoms with E-state index in [2.05, 4.69) is 37.0 Å². The zero-order valence-electron chi connectivity index (χ0n) is 26.9. The van der Waals surface area contributed by atoms with E-state index in [4.69, 9.17) is 14.3 Å². The molecule has 4 aliphatic heterocycles. The molecule has 2 bridgehead atoms.